The van der Waals surface area contributed by atoms with Gasteiger partial charge >= 0.3 is 5.97 Å². The van der Waals surface area contributed by atoms with E-state index in [1.165, 1.54) is 29.0 Å². The van der Waals surface area contributed by atoms with Crippen molar-refractivity contribution in [3.8, 4) is 0 Å². The Labute approximate surface area is 159 Å². The number of nitrogens with zero attached hydrogens (tertiary/aromatic N) is 1. The summed E-state index contributed by atoms with van der Waals surface area (Å²) < 4.78 is 6.88. The van der Waals surface area contributed by atoms with E-state index in [9.17, 15) is 4.79 Å². The third kappa shape index (κ3) is 4.58. The number of hydrogen-bond donors (Lipinski definition) is 0. The summed E-state index contributed by atoms with van der Waals surface area (Å²) in [5.41, 5.74) is 4.29. The average Bonchev–Trinajstić information content (AvgIpc) is 2.99. The fourth-order valence-electron chi connectivity index (χ4n) is 2.59. The molecule has 0 saturated heterocycles. The van der Waals surface area contributed by atoms with E-state index in [0.717, 1.165) is 16.7 Å². The second-order valence-corrected chi connectivity index (χ2v) is 6.67. The Balaban J connectivity index is 0.00000117. The average molecular weight is 368 g/mol. The molecule has 4 heteroatoms. The van der Waals surface area contributed by atoms with Crippen molar-refractivity contribution in [1.82, 2.24) is 3.97 Å². The normalized spacial score (nSPS) is 11.0. The zero-order valence-corrected chi connectivity index (χ0v) is 16.8. The smallest absolute Gasteiger partial charge is 0.330 e. The van der Waals surface area contributed by atoms with Crippen molar-refractivity contribution in [3.63, 3.8) is 0 Å². The quantitative estimate of drug-likeness (QED) is 0.412. The predicted octanol–water partition coefficient (Wildman–Crippen LogP) is 6.11. The molecule has 1 aromatic heterocycles. The van der Waals surface area contributed by atoms with Crippen molar-refractivity contribution in [2.75, 3.05) is 7.11 Å². The lowest BCUT2D eigenvalue weighted by Crippen LogP contribution is -1.95. The first-order valence-corrected chi connectivity index (χ1v) is 9.47. The van der Waals surface area contributed by atoms with Gasteiger partial charge in [0.25, 0.3) is 0 Å². The van der Waals surface area contributed by atoms with Crippen LogP contribution in [0.15, 0.2) is 65.7 Å². The van der Waals surface area contributed by atoms with Crippen LogP contribution in [0.3, 0.4) is 0 Å². The van der Waals surface area contributed by atoms with Gasteiger partial charge in [-0.1, -0.05) is 38.1 Å². The number of carbonyl (C=O) groups excluding carboxylic acids is 1. The maximum Gasteiger partial charge on any atom is 0.330 e. The Morgan fingerprint density at radius 2 is 1.81 bits per heavy atom. The molecule has 3 aromatic rings. The van der Waals surface area contributed by atoms with E-state index in [1.54, 1.807) is 11.9 Å². The van der Waals surface area contributed by atoms with Crippen molar-refractivity contribution in [2.45, 2.75) is 32.6 Å². The molecule has 1 heterocycles. The van der Waals surface area contributed by atoms with E-state index in [4.69, 9.17) is 4.74 Å². The molecule has 0 spiro atoms. The van der Waals surface area contributed by atoms with Gasteiger partial charge in [-0.2, -0.15) is 0 Å². The number of fused-ring (bicyclic) bond motifs is 1. The standard InChI is InChI=1S/C20H19NO2S.C2H6/c1-14(11-20(22)23-3)16-9-10-19-18(12-16)15(2)13-21(19)24-17-7-5-4-6-8-17;1-2/h4-13H,1-3H3;1-2H3/b14-11-;. The predicted molar refractivity (Wildman–Crippen MR) is 111 cm³/mol. The summed E-state index contributed by atoms with van der Waals surface area (Å²) in [5, 5.41) is 1.19. The van der Waals surface area contributed by atoms with Gasteiger partial charge < -0.3 is 4.74 Å². The van der Waals surface area contributed by atoms with E-state index in [0.29, 0.717) is 0 Å². The van der Waals surface area contributed by atoms with Crippen molar-refractivity contribution in [2.24, 2.45) is 0 Å². The van der Waals surface area contributed by atoms with E-state index >= 15 is 0 Å². The van der Waals surface area contributed by atoms with Crippen molar-refractivity contribution in [3.05, 3.63) is 71.9 Å². The first kappa shape index (κ1) is 19.9. The number of rotatable bonds is 4. The van der Waals surface area contributed by atoms with Gasteiger partial charge in [-0.25, -0.2) is 4.79 Å². The number of methoxy groups -OCH3 is 1. The van der Waals surface area contributed by atoms with Crippen LogP contribution in [0.25, 0.3) is 16.5 Å². The van der Waals surface area contributed by atoms with Gasteiger partial charge in [0.05, 0.1) is 12.6 Å². The number of aryl methyl sites for hydroxylation is 1. The molecule has 26 heavy (non-hydrogen) atoms. The maximum absolute atomic E-state index is 11.4. The summed E-state index contributed by atoms with van der Waals surface area (Å²) in [6.45, 7) is 8.02. The molecule has 0 fully saturated rings. The largest absolute Gasteiger partial charge is 0.466 e. The zero-order valence-electron chi connectivity index (χ0n) is 15.9. The molecule has 0 aliphatic carbocycles. The van der Waals surface area contributed by atoms with Crippen LogP contribution in [0, 0.1) is 6.92 Å². The van der Waals surface area contributed by atoms with Crippen molar-refractivity contribution < 1.29 is 9.53 Å². The van der Waals surface area contributed by atoms with Crippen LogP contribution in [0.1, 0.15) is 31.9 Å². The minimum absolute atomic E-state index is 0.332. The highest BCUT2D eigenvalue weighted by atomic mass is 32.2. The SMILES string of the molecule is CC.COC(=O)/C=C(/C)c1ccc2c(c1)c(C)cn2Sc1ccccc1. The molecule has 0 amide bonds. The summed E-state index contributed by atoms with van der Waals surface area (Å²) in [5.74, 6) is -0.332. The molecule has 3 rings (SSSR count). The van der Waals surface area contributed by atoms with Gasteiger partial charge in [-0.05, 0) is 66.8 Å². The van der Waals surface area contributed by atoms with E-state index in [-0.39, 0.29) is 5.97 Å². The fourth-order valence-corrected chi connectivity index (χ4v) is 3.57. The molecule has 136 valence electrons. The van der Waals surface area contributed by atoms with E-state index in [1.807, 2.05) is 45.0 Å². The molecule has 2 aromatic carbocycles. The summed E-state index contributed by atoms with van der Waals surface area (Å²) in [6, 6.07) is 16.6. The Bertz CT molecular complexity index is 911. The highest BCUT2D eigenvalue weighted by molar-refractivity contribution is 7.98. The van der Waals surface area contributed by atoms with Gasteiger partial charge in [-0.15, -0.1) is 0 Å². The molecular formula is C22H25NO2S. The lowest BCUT2D eigenvalue weighted by molar-refractivity contribution is -0.134. The van der Waals surface area contributed by atoms with Gasteiger partial charge in [-0.3, -0.25) is 3.97 Å². The molecule has 0 aliphatic rings. The first-order chi connectivity index (χ1) is 12.6. The lowest BCUT2D eigenvalue weighted by Gasteiger charge is -2.06. The molecule has 0 saturated carbocycles. The Morgan fingerprint density at radius 1 is 1.12 bits per heavy atom. The molecular weight excluding hydrogens is 342 g/mol. The highest BCUT2D eigenvalue weighted by Crippen LogP contribution is 2.31. The number of esters is 1. The van der Waals surface area contributed by atoms with Crippen LogP contribution in [0.5, 0.6) is 0 Å². The monoisotopic (exact) mass is 367 g/mol. The zero-order chi connectivity index (χ0) is 19.1. The number of benzene rings is 2. The number of allylic oxidation sites excluding steroid dienone is 1. The molecule has 0 unspecified atom stereocenters. The number of ether oxygens (including phenoxy) is 1. The Kier molecular flexibility index (Phi) is 7.10. The Morgan fingerprint density at radius 3 is 2.46 bits per heavy atom. The van der Waals surface area contributed by atoms with Crippen LogP contribution in [-0.2, 0) is 9.53 Å². The third-order valence-corrected chi connectivity index (χ3v) is 4.89. The van der Waals surface area contributed by atoms with E-state index in [2.05, 4.69) is 41.4 Å². The van der Waals surface area contributed by atoms with Crippen LogP contribution in [0.2, 0.25) is 0 Å². The summed E-state index contributed by atoms with van der Waals surface area (Å²) in [6.07, 6.45) is 3.66. The van der Waals surface area contributed by atoms with Crippen molar-refractivity contribution in [1.29, 1.82) is 0 Å². The van der Waals surface area contributed by atoms with Crippen LogP contribution >= 0.6 is 11.9 Å². The molecule has 0 aliphatic heterocycles. The maximum atomic E-state index is 11.4. The summed E-state index contributed by atoms with van der Waals surface area (Å²) >= 11 is 1.69. The van der Waals surface area contributed by atoms with Gasteiger partial charge in [0.1, 0.15) is 0 Å². The lowest BCUT2D eigenvalue weighted by atomic mass is 10.0. The Hall–Kier alpha value is -2.46. The molecule has 0 bridgehead atoms. The minimum atomic E-state index is -0.332. The van der Waals surface area contributed by atoms with Gasteiger partial charge in [0.2, 0.25) is 0 Å². The third-order valence-electron chi connectivity index (χ3n) is 3.91. The first-order valence-electron chi connectivity index (χ1n) is 8.70. The van der Waals surface area contributed by atoms with Crippen molar-refractivity contribution >= 4 is 34.4 Å². The van der Waals surface area contributed by atoms with Gasteiger partial charge in [0, 0.05) is 22.6 Å². The van der Waals surface area contributed by atoms with Gasteiger partial charge in [0.15, 0.2) is 0 Å². The van der Waals surface area contributed by atoms with Crippen LogP contribution in [0.4, 0.5) is 0 Å². The second kappa shape index (κ2) is 9.30. The van der Waals surface area contributed by atoms with Crippen LogP contribution < -0.4 is 0 Å². The molecule has 0 atom stereocenters. The second-order valence-electron chi connectivity index (χ2n) is 5.62. The topological polar surface area (TPSA) is 31.2 Å². The molecule has 3 nitrogen and oxygen atoms in total. The number of aromatic nitrogens is 1. The molecule has 0 radical (unpaired) electrons. The number of hydrogen-bond acceptors (Lipinski definition) is 3. The number of carbonyl (C=O) groups is 1. The highest BCUT2D eigenvalue weighted by Gasteiger charge is 2.09. The fraction of sp³-hybridized carbons (Fsp3) is 0.227. The van der Waals surface area contributed by atoms with E-state index < -0.39 is 0 Å². The van der Waals surface area contributed by atoms with Crippen LogP contribution in [-0.4, -0.2) is 17.1 Å². The summed E-state index contributed by atoms with van der Waals surface area (Å²) in [4.78, 5) is 12.6. The minimum Gasteiger partial charge on any atom is -0.466 e. The summed E-state index contributed by atoms with van der Waals surface area (Å²) in [7, 11) is 1.39. The molecule has 0 N–H and O–H groups in total.